The van der Waals surface area contributed by atoms with Crippen LogP contribution >= 0.6 is 11.3 Å². The van der Waals surface area contributed by atoms with E-state index < -0.39 is 11.7 Å². The number of likely N-dealkylation sites (N-methyl/N-ethyl adjacent to an activating group) is 1. The first-order chi connectivity index (χ1) is 9.40. The fourth-order valence-electron chi connectivity index (χ4n) is 1.69. The van der Waals surface area contributed by atoms with Gasteiger partial charge in [-0.3, -0.25) is 0 Å². The minimum atomic E-state index is -4.32. The summed E-state index contributed by atoms with van der Waals surface area (Å²) in [5.41, 5.74) is -0.274. The van der Waals surface area contributed by atoms with E-state index >= 15 is 0 Å². The summed E-state index contributed by atoms with van der Waals surface area (Å²) in [5, 5.41) is 3.80. The van der Waals surface area contributed by atoms with Crippen molar-refractivity contribution in [1.29, 1.82) is 0 Å². The summed E-state index contributed by atoms with van der Waals surface area (Å²) >= 11 is 1.37. The van der Waals surface area contributed by atoms with Gasteiger partial charge in [0.05, 0.1) is 15.8 Å². The average molecular weight is 303 g/mol. The minimum Gasteiger partial charge on any atom is -0.360 e. The molecule has 1 N–H and O–H groups in total. The topological polar surface area (TPSA) is 28.2 Å². The van der Waals surface area contributed by atoms with Crippen molar-refractivity contribution in [3.05, 3.63) is 23.8 Å². The van der Waals surface area contributed by atoms with E-state index in [0.717, 1.165) is 36.5 Å². The summed E-state index contributed by atoms with van der Waals surface area (Å²) in [4.78, 5) is 6.34. The fraction of sp³-hybridized carbons (Fsp3) is 0.462. The number of anilines is 1. The molecular weight excluding hydrogens is 287 g/mol. The maximum absolute atomic E-state index is 12.6. The highest BCUT2D eigenvalue weighted by molar-refractivity contribution is 7.22. The minimum absolute atomic E-state index is 0.385. The lowest BCUT2D eigenvalue weighted by molar-refractivity contribution is -0.137. The molecule has 0 saturated heterocycles. The molecule has 1 aromatic heterocycles. The molecule has 2 aromatic rings. The zero-order valence-electron chi connectivity index (χ0n) is 11.3. The molecule has 1 heterocycles. The van der Waals surface area contributed by atoms with Gasteiger partial charge in [-0.1, -0.05) is 18.3 Å². The van der Waals surface area contributed by atoms with Crippen LogP contribution in [0.5, 0.6) is 0 Å². The van der Waals surface area contributed by atoms with Crippen LogP contribution in [0.1, 0.15) is 12.5 Å². The molecule has 1 aromatic carbocycles. The van der Waals surface area contributed by atoms with Gasteiger partial charge < -0.3 is 10.2 Å². The predicted molar refractivity (Wildman–Crippen MR) is 76.3 cm³/mol. The van der Waals surface area contributed by atoms with Crippen LogP contribution in [0.4, 0.5) is 18.3 Å². The number of nitrogens with zero attached hydrogens (tertiary/aromatic N) is 2. The Labute approximate surface area is 119 Å². The van der Waals surface area contributed by atoms with Crippen molar-refractivity contribution in [2.75, 3.05) is 32.0 Å². The van der Waals surface area contributed by atoms with E-state index in [1.807, 2.05) is 7.05 Å². The third-order valence-electron chi connectivity index (χ3n) is 3.02. The summed E-state index contributed by atoms with van der Waals surface area (Å²) in [5.74, 6) is 0. The Kier molecular flexibility index (Phi) is 4.49. The molecule has 0 saturated carbocycles. The van der Waals surface area contributed by atoms with E-state index in [4.69, 9.17) is 0 Å². The number of thiazole rings is 1. The lowest BCUT2D eigenvalue weighted by Gasteiger charge is -2.13. The lowest BCUT2D eigenvalue weighted by atomic mass is 10.2. The number of hydrogen-bond acceptors (Lipinski definition) is 4. The van der Waals surface area contributed by atoms with Crippen LogP contribution < -0.4 is 5.32 Å². The number of nitrogens with one attached hydrogen (secondary N) is 1. The van der Waals surface area contributed by atoms with E-state index in [2.05, 4.69) is 22.1 Å². The van der Waals surface area contributed by atoms with Crippen LogP contribution in [0.3, 0.4) is 0 Å². The van der Waals surface area contributed by atoms with Crippen LogP contribution in [0.15, 0.2) is 18.2 Å². The number of halogens is 3. The van der Waals surface area contributed by atoms with Crippen LogP contribution in [0.2, 0.25) is 0 Å². The molecule has 0 fully saturated rings. The number of fused-ring (bicyclic) bond motifs is 1. The van der Waals surface area contributed by atoms with Crippen molar-refractivity contribution >= 4 is 26.7 Å². The second-order valence-electron chi connectivity index (χ2n) is 4.52. The van der Waals surface area contributed by atoms with E-state index in [1.165, 1.54) is 17.4 Å². The second-order valence-corrected chi connectivity index (χ2v) is 5.55. The highest BCUT2D eigenvalue weighted by atomic mass is 32.1. The van der Waals surface area contributed by atoms with E-state index in [0.29, 0.717) is 10.6 Å². The first-order valence-corrected chi connectivity index (χ1v) is 7.12. The molecule has 0 radical (unpaired) electrons. The summed E-state index contributed by atoms with van der Waals surface area (Å²) in [7, 11) is 2.01. The summed E-state index contributed by atoms with van der Waals surface area (Å²) in [6.07, 6.45) is -4.32. The Balaban J connectivity index is 2.09. The van der Waals surface area contributed by atoms with E-state index in [9.17, 15) is 13.2 Å². The third kappa shape index (κ3) is 3.61. The molecule has 0 aliphatic carbocycles. The maximum atomic E-state index is 12.6. The van der Waals surface area contributed by atoms with Crippen LogP contribution in [-0.4, -0.2) is 36.6 Å². The number of alkyl halides is 3. The number of benzene rings is 1. The van der Waals surface area contributed by atoms with Gasteiger partial charge >= 0.3 is 6.18 Å². The van der Waals surface area contributed by atoms with Gasteiger partial charge in [-0.15, -0.1) is 0 Å². The van der Waals surface area contributed by atoms with Crippen molar-refractivity contribution in [3.63, 3.8) is 0 Å². The Bertz CT molecular complexity index is 580. The molecule has 0 bridgehead atoms. The van der Waals surface area contributed by atoms with E-state index in [1.54, 1.807) is 0 Å². The normalized spacial score (nSPS) is 12.3. The molecule has 110 valence electrons. The van der Waals surface area contributed by atoms with E-state index in [-0.39, 0.29) is 0 Å². The molecule has 2 rings (SSSR count). The largest absolute Gasteiger partial charge is 0.416 e. The molecule has 3 nitrogen and oxygen atoms in total. The molecule has 0 atom stereocenters. The molecule has 7 heteroatoms. The van der Waals surface area contributed by atoms with Gasteiger partial charge in [-0.2, -0.15) is 13.2 Å². The first kappa shape index (κ1) is 15.1. The smallest absolute Gasteiger partial charge is 0.360 e. The predicted octanol–water partition coefficient (Wildman–Crippen LogP) is 3.68. The third-order valence-corrected chi connectivity index (χ3v) is 4.02. The zero-order chi connectivity index (χ0) is 14.8. The highest BCUT2D eigenvalue weighted by Gasteiger charge is 2.30. The molecule has 0 spiro atoms. The van der Waals surface area contributed by atoms with Gasteiger partial charge in [0.15, 0.2) is 5.13 Å². The van der Waals surface area contributed by atoms with Crippen molar-refractivity contribution < 1.29 is 13.2 Å². The fourth-order valence-corrected chi connectivity index (χ4v) is 2.56. The Morgan fingerprint density at radius 3 is 2.75 bits per heavy atom. The summed E-state index contributed by atoms with van der Waals surface area (Å²) < 4.78 is 38.6. The molecule has 0 amide bonds. The SMILES string of the molecule is CCN(C)CCNc1nc2cc(C(F)(F)F)ccc2s1. The second kappa shape index (κ2) is 5.97. The van der Waals surface area contributed by atoms with Gasteiger partial charge in [-0.25, -0.2) is 4.98 Å². The molecule has 0 aliphatic heterocycles. The lowest BCUT2D eigenvalue weighted by Crippen LogP contribution is -2.24. The van der Waals surface area contributed by atoms with Gasteiger partial charge in [0.25, 0.3) is 0 Å². The number of aromatic nitrogens is 1. The Morgan fingerprint density at radius 2 is 2.10 bits per heavy atom. The van der Waals surface area contributed by atoms with Gasteiger partial charge in [0.2, 0.25) is 0 Å². The Morgan fingerprint density at radius 1 is 1.35 bits per heavy atom. The monoisotopic (exact) mass is 303 g/mol. The van der Waals surface area contributed by atoms with Gasteiger partial charge in [0.1, 0.15) is 0 Å². The molecular formula is C13H16F3N3S. The van der Waals surface area contributed by atoms with Crippen molar-refractivity contribution in [2.24, 2.45) is 0 Å². The summed E-state index contributed by atoms with van der Waals surface area (Å²) in [6.45, 7) is 4.60. The first-order valence-electron chi connectivity index (χ1n) is 6.30. The maximum Gasteiger partial charge on any atom is 0.416 e. The van der Waals surface area contributed by atoms with Crippen molar-refractivity contribution in [3.8, 4) is 0 Å². The highest BCUT2D eigenvalue weighted by Crippen LogP contribution is 2.33. The zero-order valence-corrected chi connectivity index (χ0v) is 12.1. The molecule has 0 aliphatic rings. The van der Waals surface area contributed by atoms with Crippen LogP contribution in [0.25, 0.3) is 10.2 Å². The van der Waals surface area contributed by atoms with Crippen LogP contribution in [-0.2, 0) is 6.18 Å². The van der Waals surface area contributed by atoms with Crippen molar-refractivity contribution in [2.45, 2.75) is 13.1 Å². The van der Waals surface area contributed by atoms with Gasteiger partial charge in [-0.05, 0) is 31.8 Å². The van der Waals surface area contributed by atoms with Crippen LogP contribution in [0, 0.1) is 0 Å². The number of hydrogen-bond donors (Lipinski definition) is 1. The Hall–Kier alpha value is -1.34. The summed E-state index contributed by atoms with van der Waals surface area (Å²) in [6, 6.07) is 3.66. The number of rotatable bonds is 5. The standard InChI is InChI=1S/C13H16F3N3S/c1-3-19(2)7-6-17-12-18-10-8-9(13(14,15)16)4-5-11(10)20-12/h4-5,8H,3,6-7H2,1-2H3,(H,17,18). The molecule has 20 heavy (non-hydrogen) atoms. The average Bonchev–Trinajstić information content (AvgIpc) is 2.78. The molecule has 0 unspecified atom stereocenters. The van der Waals surface area contributed by atoms with Gasteiger partial charge in [0, 0.05) is 13.1 Å². The quantitative estimate of drug-likeness (QED) is 0.913. The van der Waals surface area contributed by atoms with Crippen molar-refractivity contribution in [1.82, 2.24) is 9.88 Å².